The molecule has 0 atom stereocenters. The van der Waals surface area contributed by atoms with E-state index in [2.05, 4.69) is 16.9 Å². The normalized spacial score (nSPS) is 13.7. The van der Waals surface area contributed by atoms with Gasteiger partial charge in [0.05, 0.1) is 16.6 Å². The molecule has 3 aromatic rings. The summed E-state index contributed by atoms with van der Waals surface area (Å²) in [4.78, 5) is 37.6. The number of halogens is 1. The predicted molar refractivity (Wildman–Crippen MR) is 111 cm³/mol. The highest BCUT2D eigenvalue weighted by molar-refractivity contribution is 5.95. The van der Waals surface area contributed by atoms with Crippen molar-refractivity contribution in [2.45, 2.75) is 32.2 Å². The molecule has 2 amide bonds. The van der Waals surface area contributed by atoms with Crippen LogP contribution in [0.5, 0.6) is 0 Å². The summed E-state index contributed by atoms with van der Waals surface area (Å²) in [5.74, 6) is -2.06. The van der Waals surface area contributed by atoms with E-state index in [9.17, 15) is 18.8 Å². The molecule has 8 heteroatoms. The molecule has 1 aromatic heterocycles. The zero-order valence-electron chi connectivity index (χ0n) is 16.2. The van der Waals surface area contributed by atoms with Crippen LogP contribution in [-0.4, -0.2) is 20.9 Å². The molecule has 7 nitrogen and oxygen atoms in total. The van der Waals surface area contributed by atoms with E-state index in [1.54, 1.807) is 16.7 Å². The second-order valence-corrected chi connectivity index (χ2v) is 7.12. The number of hydrogen-bond donors (Lipinski definition) is 2. The molecule has 1 heterocycles. The molecular formula is C22H21FN4O3. The maximum absolute atomic E-state index is 13.7. The fourth-order valence-corrected chi connectivity index (χ4v) is 3.69. The molecule has 4 rings (SSSR count). The highest BCUT2D eigenvalue weighted by atomic mass is 19.1. The van der Waals surface area contributed by atoms with Crippen molar-refractivity contribution in [3.05, 3.63) is 76.5 Å². The van der Waals surface area contributed by atoms with Gasteiger partial charge in [-0.15, -0.1) is 0 Å². The topological polar surface area (TPSA) is 85.1 Å². The molecule has 0 bridgehead atoms. The SMILES string of the molecule is O=C(Cn1c(=O)n(C2=CCCCC2)c2ccccc21)NNC(=O)c1ccccc1F. The number of hydrogen-bond acceptors (Lipinski definition) is 3. The van der Waals surface area contributed by atoms with Crippen molar-refractivity contribution in [1.82, 2.24) is 20.0 Å². The molecule has 0 aliphatic heterocycles. The quantitative estimate of drug-likeness (QED) is 0.651. The van der Waals surface area contributed by atoms with E-state index >= 15 is 0 Å². The molecule has 2 N–H and O–H groups in total. The molecule has 0 radical (unpaired) electrons. The summed E-state index contributed by atoms with van der Waals surface area (Å²) in [5, 5.41) is 0. The Labute approximate surface area is 171 Å². The van der Waals surface area contributed by atoms with Crippen LogP contribution in [-0.2, 0) is 11.3 Å². The maximum Gasteiger partial charge on any atom is 0.333 e. The van der Waals surface area contributed by atoms with Gasteiger partial charge in [0, 0.05) is 5.70 Å². The summed E-state index contributed by atoms with van der Waals surface area (Å²) in [6, 6.07) is 12.7. The van der Waals surface area contributed by atoms with Crippen molar-refractivity contribution in [2.24, 2.45) is 0 Å². The number of carbonyl (C=O) groups excluding carboxylic acids is 2. The van der Waals surface area contributed by atoms with Crippen LogP contribution in [0.25, 0.3) is 16.7 Å². The molecule has 0 fully saturated rings. The van der Waals surface area contributed by atoms with Crippen molar-refractivity contribution >= 4 is 28.5 Å². The lowest BCUT2D eigenvalue weighted by Crippen LogP contribution is -2.44. The van der Waals surface area contributed by atoms with Gasteiger partial charge in [-0.2, -0.15) is 0 Å². The van der Waals surface area contributed by atoms with Crippen molar-refractivity contribution in [1.29, 1.82) is 0 Å². The van der Waals surface area contributed by atoms with Crippen LogP contribution in [0.1, 0.15) is 36.0 Å². The van der Waals surface area contributed by atoms with Crippen LogP contribution in [0.4, 0.5) is 4.39 Å². The second-order valence-electron chi connectivity index (χ2n) is 7.12. The molecule has 0 saturated heterocycles. The van der Waals surface area contributed by atoms with Gasteiger partial charge in [-0.1, -0.05) is 30.3 Å². The van der Waals surface area contributed by atoms with Crippen LogP contribution in [0.3, 0.4) is 0 Å². The Morgan fingerprint density at radius 1 is 0.967 bits per heavy atom. The van der Waals surface area contributed by atoms with Gasteiger partial charge in [0.1, 0.15) is 12.4 Å². The van der Waals surface area contributed by atoms with Gasteiger partial charge >= 0.3 is 5.69 Å². The van der Waals surface area contributed by atoms with Gasteiger partial charge in [-0.05, 0) is 49.9 Å². The average molecular weight is 408 g/mol. The van der Waals surface area contributed by atoms with Crippen molar-refractivity contribution in [2.75, 3.05) is 0 Å². The number of allylic oxidation sites excluding steroid dienone is 2. The molecule has 1 aliphatic carbocycles. The number of rotatable bonds is 4. The Balaban J connectivity index is 1.55. The van der Waals surface area contributed by atoms with E-state index in [-0.39, 0.29) is 17.8 Å². The van der Waals surface area contributed by atoms with Crippen molar-refractivity contribution < 1.29 is 14.0 Å². The number of para-hydroxylation sites is 2. The summed E-state index contributed by atoms with van der Waals surface area (Å²) in [7, 11) is 0. The van der Waals surface area contributed by atoms with E-state index in [1.807, 2.05) is 12.1 Å². The first-order chi connectivity index (χ1) is 14.6. The number of aromatic nitrogens is 2. The molecule has 0 spiro atoms. The zero-order valence-corrected chi connectivity index (χ0v) is 16.2. The lowest BCUT2D eigenvalue weighted by atomic mass is 10.0. The molecule has 2 aromatic carbocycles. The monoisotopic (exact) mass is 408 g/mol. The standard InChI is InChI=1S/C22H21FN4O3/c23-17-11-5-4-10-16(17)21(29)25-24-20(28)14-26-18-12-6-7-13-19(18)27(22(26)30)15-8-2-1-3-9-15/h4-8,10-13H,1-3,9,14H2,(H,24,28)(H,25,29). The van der Waals surface area contributed by atoms with Crippen LogP contribution < -0.4 is 16.5 Å². The number of fused-ring (bicyclic) bond motifs is 1. The molecule has 0 unspecified atom stereocenters. The number of benzene rings is 2. The maximum atomic E-state index is 13.7. The minimum absolute atomic E-state index is 0.184. The third-order valence-corrected chi connectivity index (χ3v) is 5.13. The third kappa shape index (κ3) is 3.76. The number of nitrogens with one attached hydrogen (secondary N) is 2. The minimum atomic E-state index is -0.774. The smallest absolute Gasteiger partial charge is 0.282 e. The van der Waals surface area contributed by atoms with E-state index < -0.39 is 17.6 Å². The Morgan fingerprint density at radius 2 is 1.70 bits per heavy atom. The Morgan fingerprint density at radius 3 is 2.43 bits per heavy atom. The van der Waals surface area contributed by atoms with Crippen LogP contribution >= 0.6 is 0 Å². The van der Waals surface area contributed by atoms with Crippen molar-refractivity contribution in [3.63, 3.8) is 0 Å². The molecular weight excluding hydrogens is 387 g/mol. The van der Waals surface area contributed by atoms with Crippen LogP contribution in [0.2, 0.25) is 0 Å². The third-order valence-electron chi connectivity index (χ3n) is 5.13. The second kappa shape index (κ2) is 8.36. The van der Waals surface area contributed by atoms with Gasteiger partial charge < -0.3 is 0 Å². The first kappa shape index (κ1) is 19.6. The number of imidazole rings is 1. The molecule has 0 saturated carbocycles. The largest absolute Gasteiger partial charge is 0.333 e. The summed E-state index contributed by atoms with van der Waals surface area (Å²) < 4.78 is 16.7. The zero-order chi connectivity index (χ0) is 21.1. The Kier molecular flexibility index (Phi) is 5.47. The summed E-state index contributed by atoms with van der Waals surface area (Å²) in [6.07, 6.45) is 5.90. The van der Waals surface area contributed by atoms with Crippen molar-refractivity contribution in [3.8, 4) is 0 Å². The lowest BCUT2D eigenvalue weighted by Gasteiger charge is -2.13. The van der Waals surface area contributed by atoms with E-state index in [0.717, 1.165) is 43.0 Å². The summed E-state index contributed by atoms with van der Waals surface area (Å²) >= 11 is 0. The first-order valence-corrected chi connectivity index (χ1v) is 9.79. The van der Waals surface area contributed by atoms with Crippen LogP contribution in [0, 0.1) is 5.82 Å². The minimum Gasteiger partial charge on any atom is -0.282 e. The average Bonchev–Trinajstić information content (AvgIpc) is 3.04. The van der Waals surface area contributed by atoms with Gasteiger partial charge in [0.15, 0.2) is 0 Å². The lowest BCUT2D eigenvalue weighted by molar-refractivity contribution is -0.122. The van der Waals surface area contributed by atoms with Gasteiger partial charge in [-0.25, -0.2) is 9.18 Å². The summed E-state index contributed by atoms with van der Waals surface area (Å²) in [5.41, 5.74) is 6.25. The predicted octanol–water partition coefficient (Wildman–Crippen LogP) is 2.82. The van der Waals surface area contributed by atoms with Gasteiger partial charge in [0.25, 0.3) is 11.8 Å². The first-order valence-electron chi connectivity index (χ1n) is 9.79. The highest BCUT2D eigenvalue weighted by Crippen LogP contribution is 2.24. The van der Waals surface area contributed by atoms with Gasteiger partial charge in [-0.3, -0.25) is 29.6 Å². The van der Waals surface area contributed by atoms with E-state index in [1.165, 1.54) is 22.8 Å². The summed E-state index contributed by atoms with van der Waals surface area (Å²) in [6.45, 7) is -0.281. The molecule has 30 heavy (non-hydrogen) atoms. The molecule has 1 aliphatic rings. The number of carbonyl (C=O) groups is 2. The fourth-order valence-electron chi connectivity index (χ4n) is 3.69. The Hall–Kier alpha value is -3.68. The molecule has 154 valence electrons. The number of amides is 2. The Bertz CT molecular complexity index is 1210. The van der Waals surface area contributed by atoms with Crippen LogP contribution in [0.15, 0.2) is 59.4 Å². The number of hydrazine groups is 1. The fraction of sp³-hybridized carbons (Fsp3) is 0.227. The highest BCUT2D eigenvalue weighted by Gasteiger charge is 2.19. The van der Waals surface area contributed by atoms with Gasteiger partial charge in [0.2, 0.25) is 0 Å². The number of nitrogens with zero attached hydrogens (tertiary/aromatic N) is 2. The van der Waals surface area contributed by atoms with E-state index in [0.29, 0.717) is 5.52 Å². The van der Waals surface area contributed by atoms with E-state index in [4.69, 9.17) is 0 Å².